The molecule has 0 aliphatic heterocycles. The Morgan fingerprint density at radius 3 is 2.64 bits per heavy atom. The van der Waals surface area contributed by atoms with Crippen LogP contribution < -0.4 is 10.1 Å². The predicted molar refractivity (Wildman–Crippen MR) is 130 cm³/mol. The SMILES string of the molecule is Cc1cc(C)cc(OCc2c(C(=O)Nc3nn(Cc4ccccc4Cl)cc3Br)noc2C)c1. The molecule has 0 atom stereocenters. The summed E-state index contributed by atoms with van der Waals surface area (Å²) in [6, 6.07) is 13.5. The number of hydrogen-bond acceptors (Lipinski definition) is 5. The molecular weight excluding hydrogens is 508 g/mol. The summed E-state index contributed by atoms with van der Waals surface area (Å²) in [6.07, 6.45) is 1.77. The van der Waals surface area contributed by atoms with Crippen molar-refractivity contribution in [3.8, 4) is 5.75 Å². The van der Waals surface area contributed by atoms with Crippen LogP contribution in [0.4, 0.5) is 5.82 Å². The molecule has 0 saturated heterocycles. The smallest absolute Gasteiger partial charge is 0.279 e. The molecule has 0 radical (unpaired) electrons. The van der Waals surface area contributed by atoms with Gasteiger partial charge in [0.15, 0.2) is 11.5 Å². The van der Waals surface area contributed by atoms with Gasteiger partial charge in [-0.05, 0) is 71.6 Å². The van der Waals surface area contributed by atoms with Gasteiger partial charge in [0.1, 0.15) is 18.1 Å². The van der Waals surface area contributed by atoms with Crippen LogP contribution in [0.3, 0.4) is 0 Å². The molecule has 9 heteroatoms. The number of anilines is 1. The third-order valence-electron chi connectivity index (χ3n) is 5.02. The molecule has 0 bridgehead atoms. The Morgan fingerprint density at radius 2 is 1.91 bits per heavy atom. The van der Waals surface area contributed by atoms with E-state index < -0.39 is 5.91 Å². The molecule has 1 amide bonds. The predicted octanol–water partition coefficient (Wildman–Crippen LogP) is 6.09. The molecule has 0 unspecified atom stereocenters. The van der Waals surface area contributed by atoms with E-state index >= 15 is 0 Å². The number of aromatic nitrogens is 3. The van der Waals surface area contributed by atoms with Gasteiger partial charge < -0.3 is 14.6 Å². The van der Waals surface area contributed by atoms with Crippen LogP contribution in [0.1, 0.15) is 38.5 Å². The molecule has 7 nitrogen and oxygen atoms in total. The maximum atomic E-state index is 13.0. The van der Waals surface area contributed by atoms with Crippen molar-refractivity contribution in [2.45, 2.75) is 33.9 Å². The van der Waals surface area contributed by atoms with Crippen LogP contribution in [-0.4, -0.2) is 20.8 Å². The highest BCUT2D eigenvalue weighted by atomic mass is 79.9. The number of amides is 1. The summed E-state index contributed by atoms with van der Waals surface area (Å²) >= 11 is 9.69. The lowest BCUT2D eigenvalue weighted by molar-refractivity contribution is 0.101. The third-order valence-corrected chi connectivity index (χ3v) is 5.97. The van der Waals surface area contributed by atoms with Crippen LogP contribution in [0.2, 0.25) is 5.02 Å². The zero-order valence-corrected chi connectivity index (χ0v) is 20.7. The Hall–Kier alpha value is -3.10. The average Bonchev–Trinajstić information content (AvgIpc) is 3.29. The number of carbonyl (C=O) groups excluding carboxylic acids is 1. The maximum Gasteiger partial charge on any atom is 0.279 e. The second-order valence-corrected chi connectivity index (χ2v) is 9.01. The fourth-order valence-corrected chi connectivity index (χ4v) is 4.05. The summed E-state index contributed by atoms with van der Waals surface area (Å²) < 4.78 is 13.5. The van der Waals surface area contributed by atoms with Crippen molar-refractivity contribution in [3.63, 3.8) is 0 Å². The molecule has 33 heavy (non-hydrogen) atoms. The topological polar surface area (TPSA) is 82.2 Å². The van der Waals surface area contributed by atoms with Gasteiger partial charge in [-0.3, -0.25) is 9.48 Å². The second-order valence-electron chi connectivity index (χ2n) is 7.75. The van der Waals surface area contributed by atoms with E-state index in [1.807, 2.05) is 50.2 Å². The van der Waals surface area contributed by atoms with Crippen LogP contribution in [0, 0.1) is 20.8 Å². The number of carbonyl (C=O) groups is 1. The first-order chi connectivity index (χ1) is 15.8. The van der Waals surface area contributed by atoms with Crippen LogP contribution in [0.25, 0.3) is 0 Å². The van der Waals surface area contributed by atoms with Crippen LogP contribution in [0.15, 0.2) is 57.7 Å². The second kappa shape index (κ2) is 9.80. The Labute approximate surface area is 204 Å². The highest BCUT2D eigenvalue weighted by Gasteiger charge is 2.22. The van der Waals surface area contributed by atoms with Gasteiger partial charge in [0.05, 0.1) is 16.6 Å². The van der Waals surface area contributed by atoms with E-state index in [2.05, 4.69) is 37.6 Å². The van der Waals surface area contributed by atoms with E-state index in [0.717, 1.165) is 22.4 Å². The molecule has 4 aromatic rings. The van der Waals surface area contributed by atoms with Gasteiger partial charge in [-0.15, -0.1) is 0 Å². The lowest BCUT2D eigenvalue weighted by Gasteiger charge is -2.09. The van der Waals surface area contributed by atoms with Crippen LogP contribution in [0.5, 0.6) is 5.75 Å². The van der Waals surface area contributed by atoms with Crippen molar-refractivity contribution in [2.75, 3.05) is 5.32 Å². The van der Waals surface area contributed by atoms with E-state index in [4.69, 9.17) is 20.9 Å². The average molecular weight is 530 g/mol. The lowest BCUT2D eigenvalue weighted by Crippen LogP contribution is -2.16. The molecule has 170 valence electrons. The summed E-state index contributed by atoms with van der Waals surface area (Å²) in [6.45, 7) is 6.38. The van der Waals surface area contributed by atoms with Crippen molar-refractivity contribution in [2.24, 2.45) is 0 Å². The van der Waals surface area contributed by atoms with Gasteiger partial charge in [-0.2, -0.15) is 5.10 Å². The molecule has 2 aromatic heterocycles. The minimum Gasteiger partial charge on any atom is -0.489 e. The number of nitrogens with one attached hydrogen (secondary N) is 1. The Morgan fingerprint density at radius 1 is 1.18 bits per heavy atom. The van der Waals surface area contributed by atoms with E-state index in [0.29, 0.717) is 33.2 Å². The summed E-state index contributed by atoms with van der Waals surface area (Å²) in [5, 5.41) is 11.8. The highest BCUT2D eigenvalue weighted by molar-refractivity contribution is 9.10. The zero-order valence-electron chi connectivity index (χ0n) is 18.4. The fraction of sp³-hybridized carbons (Fsp3) is 0.208. The largest absolute Gasteiger partial charge is 0.489 e. The summed E-state index contributed by atoms with van der Waals surface area (Å²) in [4.78, 5) is 13.0. The monoisotopic (exact) mass is 528 g/mol. The molecule has 0 spiro atoms. The summed E-state index contributed by atoms with van der Waals surface area (Å²) in [5.74, 6) is 1.18. The van der Waals surface area contributed by atoms with Crippen molar-refractivity contribution in [1.82, 2.24) is 14.9 Å². The number of hydrogen-bond donors (Lipinski definition) is 1. The Kier molecular flexibility index (Phi) is 6.85. The Balaban J connectivity index is 1.48. The van der Waals surface area contributed by atoms with Crippen molar-refractivity contribution in [1.29, 1.82) is 0 Å². The van der Waals surface area contributed by atoms with Crippen molar-refractivity contribution < 1.29 is 14.1 Å². The van der Waals surface area contributed by atoms with Gasteiger partial charge in [0, 0.05) is 11.2 Å². The minimum atomic E-state index is -0.436. The minimum absolute atomic E-state index is 0.156. The van der Waals surface area contributed by atoms with Crippen molar-refractivity contribution >= 4 is 39.3 Å². The number of ether oxygens (including phenoxy) is 1. The Bertz CT molecular complexity index is 1290. The number of halogens is 2. The van der Waals surface area contributed by atoms with Gasteiger partial charge >= 0.3 is 0 Å². The van der Waals surface area contributed by atoms with E-state index in [1.54, 1.807) is 17.8 Å². The van der Waals surface area contributed by atoms with Gasteiger partial charge in [0.2, 0.25) is 0 Å². The fourth-order valence-electron chi connectivity index (χ4n) is 3.44. The highest BCUT2D eigenvalue weighted by Crippen LogP contribution is 2.25. The number of rotatable bonds is 7. The first kappa shape index (κ1) is 23.1. The first-order valence-electron chi connectivity index (χ1n) is 10.2. The number of aryl methyl sites for hydroxylation is 3. The van der Waals surface area contributed by atoms with Crippen LogP contribution >= 0.6 is 27.5 Å². The van der Waals surface area contributed by atoms with Crippen LogP contribution in [-0.2, 0) is 13.2 Å². The molecule has 0 fully saturated rings. The maximum absolute atomic E-state index is 13.0. The first-order valence-corrected chi connectivity index (χ1v) is 11.4. The molecular formula is C24H22BrClN4O3. The van der Waals surface area contributed by atoms with E-state index in [9.17, 15) is 4.79 Å². The molecule has 2 heterocycles. The van der Waals surface area contributed by atoms with Gasteiger partial charge in [-0.25, -0.2) is 0 Å². The normalized spacial score (nSPS) is 10.9. The van der Waals surface area contributed by atoms with E-state index in [1.165, 1.54) is 0 Å². The van der Waals surface area contributed by atoms with Gasteiger partial charge in [0.25, 0.3) is 5.91 Å². The molecule has 2 aromatic carbocycles. The number of benzene rings is 2. The third kappa shape index (κ3) is 5.46. The number of nitrogens with zero attached hydrogens (tertiary/aromatic N) is 3. The standard InChI is InChI=1S/C24H22BrClN4O3/c1-14-8-15(2)10-18(9-14)32-13-19-16(3)33-29-22(19)24(31)27-23-20(25)12-30(28-23)11-17-6-4-5-7-21(17)26/h4-10,12H,11,13H2,1-3H3,(H,27,28,31). The lowest BCUT2D eigenvalue weighted by atomic mass is 10.1. The molecule has 0 aliphatic carbocycles. The van der Waals surface area contributed by atoms with Crippen molar-refractivity contribution in [3.05, 3.63) is 91.9 Å². The van der Waals surface area contributed by atoms with Gasteiger partial charge in [-0.1, -0.05) is 41.0 Å². The quantitative estimate of drug-likeness (QED) is 0.313. The molecule has 1 N–H and O–H groups in total. The molecule has 4 rings (SSSR count). The summed E-state index contributed by atoms with van der Waals surface area (Å²) in [5.41, 5.74) is 3.86. The van der Waals surface area contributed by atoms with E-state index in [-0.39, 0.29) is 12.3 Å². The zero-order chi connectivity index (χ0) is 23.5. The summed E-state index contributed by atoms with van der Waals surface area (Å²) in [7, 11) is 0. The molecule has 0 saturated carbocycles. The molecule has 0 aliphatic rings.